The van der Waals surface area contributed by atoms with Gasteiger partial charge in [0.2, 0.25) is 0 Å². The molecule has 15 rings (SSSR count). The Balaban J connectivity index is 1.07. The maximum absolute atomic E-state index is 2.72. The first kappa shape index (κ1) is 32.1. The average molecular weight is 757 g/mol. The van der Waals surface area contributed by atoms with Crippen molar-refractivity contribution in [2.24, 2.45) is 23.7 Å². The molecule has 7 aromatic rings. The van der Waals surface area contributed by atoms with Crippen LogP contribution in [0.25, 0.3) is 22.3 Å². The molecule has 0 radical (unpaired) electrons. The highest BCUT2D eigenvalue weighted by Gasteiger charge is 2.62. The first-order chi connectivity index (χ1) is 29.3. The molecule has 6 aliphatic carbocycles. The van der Waals surface area contributed by atoms with Crippen molar-refractivity contribution in [2.45, 2.75) is 62.2 Å². The van der Waals surface area contributed by atoms with E-state index in [0.717, 1.165) is 23.7 Å². The van der Waals surface area contributed by atoms with Gasteiger partial charge in [-0.2, -0.15) is 0 Å². The van der Waals surface area contributed by atoms with Gasteiger partial charge in [0.15, 0.2) is 0 Å². The number of rotatable bonds is 2. The van der Waals surface area contributed by atoms with Gasteiger partial charge in [0.05, 0.1) is 0 Å². The number of para-hydroxylation sites is 2. The molecule has 0 atom stereocenters. The van der Waals surface area contributed by atoms with E-state index < -0.39 is 0 Å². The smallest absolute Gasteiger partial charge is 0.252 e. The zero-order valence-electron chi connectivity index (χ0n) is 33.4. The lowest BCUT2D eigenvalue weighted by atomic mass is 9.33. The van der Waals surface area contributed by atoms with Crippen LogP contribution in [0.2, 0.25) is 0 Å². The Morgan fingerprint density at radius 1 is 0.390 bits per heavy atom. The zero-order valence-corrected chi connectivity index (χ0v) is 33.4. The summed E-state index contributed by atoms with van der Waals surface area (Å²) in [4.78, 5) is 5.32. The first-order valence-electron chi connectivity index (χ1n) is 22.7. The summed E-state index contributed by atoms with van der Waals surface area (Å²) in [5.74, 6) is 2.88. The second-order valence-electron chi connectivity index (χ2n) is 19.3. The van der Waals surface area contributed by atoms with Crippen molar-refractivity contribution < 1.29 is 0 Å². The van der Waals surface area contributed by atoms with E-state index in [2.05, 4.69) is 161 Å². The highest BCUT2D eigenvalue weighted by atomic mass is 15.2. The van der Waals surface area contributed by atoms with E-state index in [-0.39, 0.29) is 17.5 Å². The van der Waals surface area contributed by atoms with E-state index in [1.54, 1.807) is 22.3 Å². The minimum Gasteiger partial charge on any atom is -0.311 e. The molecule has 2 aliphatic heterocycles. The maximum Gasteiger partial charge on any atom is 0.252 e. The molecule has 3 heteroatoms. The SMILES string of the molecule is c1ccc(N2c3cc4c(cc3B3c5ccc6c(c5N(c5ccccc5)c5cccc2c53)-c2ccccc2C62C3CCC2CC3)-c2ccccc2C42C3CCC2CC3)cc1. The summed E-state index contributed by atoms with van der Waals surface area (Å²) in [5.41, 5.74) is 24.8. The van der Waals surface area contributed by atoms with Crippen molar-refractivity contribution in [3.05, 3.63) is 174 Å². The number of hydrogen-bond acceptors (Lipinski definition) is 2. The Morgan fingerprint density at radius 2 is 0.915 bits per heavy atom. The summed E-state index contributed by atoms with van der Waals surface area (Å²) in [6.45, 7) is 0.0924. The summed E-state index contributed by atoms with van der Waals surface area (Å²) in [6, 6.07) is 59.6. The fourth-order valence-corrected chi connectivity index (χ4v) is 15.8. The topological polar surface area (TPSA) is 6.48 Å². The Kier molecular flexibility index (Phi) is 6.02. The number of nitrogens with zero attached hydrogens (tertiary/aromatic N) is 2. The van der Waals surface area contributed by atoms with E-state index in [0.29, 0.717) is 0 Å². The van der Waals surface area contributed by atoms with E-state index in [1.807, 2.05) is 0 Å². The van der Waals surface area contributed by atoms with Gasteiger partial charge in [-0.1, -0.05) is 109 Å². The van der Waals surface area contributed by atoms with Gasteiger partial charge in [-0.05, 0) is 173 Å². The predicted octanol–water partition coefficient (Wildman–Crippen LogP) is 11.9. The Hall–Kier alpha value is -5.80. The van der Waals surface area contributed by atoms with E-state index in [4.69, 9.17) is 0 Å². The molecule has 4 saturated carbocycles. The monoisotopic (exact) mass is 756 g/mol. The molecule has 59 heavy (non-hydrogen) atoms. The Bertz CT molecular complexity index is 2900. The van der Waals surface area contributed by atoms with Crippen LogP contribution < -0.4 is 26.2 Å². The number of benzene rings is 7. The molecule has 0 saturated heterocycles. The van der Waals surface area contributed by atoms with Crippen molar-refractivity contribution in [3.8, 4) is 22.3 Å². The van der Waals surface area contributed by atoms with Crippen molar-refractivity contribution >= 4 is 57.2 Å². The van der Waals surface area contributed by atoms with Crippen LogP contribution in [0, 0.1) is 23.7 Å². The molecule has 2 nitrogen and oxygen atoms in total. The number of fused-ring (bicyclic) bond motifs is 11. The third kappa shape index (κ3) is 3.60. The van der Waals surface area contributed by atoms with Crippen LogP contribution in [0.3, 0.4) is 0 Å². The number of hydrogen-bond donors (Lipinski definition) is 0. The summed E-state index contributed by atoms with van der Waals surface area (Å²) in [6.07, 6.45) is 10.8. The molecule has 8 aliphatic rings. The molecule has 0 amide bonds. The van der Waals surface area contributed by atoms with Gasteiger partial charge in [0.1, 0.15) is 0 Å². The van der Waals surface area contributed by atoms with Crippen molar-refractivity contribution in [2.75, 3.05) is 9.80 Å². The molecule has 4 fully saturated rings. The lowest BCUT2D eigenvalue weighted by Gasteiger charge is -2.45. The van der Waals surface area contributed by atoms with E-state index in [9.17, 15) is 0 Å². The summed E-state index contributed by atoms with van der Waals surface area (Å²) in [7, 11) is 0. The van der Waals surface area contributed by atoms with Crippen LogP contribution in [-0.2, 0) is 10.8 Å². The third-order valence-electron chi connectivity index (χ3n) is 17.5. The standard InChI is InChI=1S/C56H45BN2/c1-3-12-38(13-4-1)58-49-20-11-21-50-53(49)57(48-32-42-40-16-7-9-18-43(40)56(46(42)33-51(48)58)36-26-27-37(56)29-28-36)47-31-30-45-52(54(47)59(50)39-14-5-2-6-15-39)41-17-8-10-19-44(41)55(45)34-22-23-35(55)25-24-34/h1-21,30-37H,22-29H2. The van der Waals surface area contributed by atoms with Gasteiger partial charge in [-0.15, -0.1) is 0 Å². The lowest BCUT2D eigenvalue weighted by Crippen LogP contribution is -2.61. The van der Waals surface area contributed by atoms with Crippen LogP contribution in [0.1, 0.15) is 73.6 Å². The van der Waals surface area contributed by atoms with Gasteiger partial charge in [0, 0.05) is 50.5 Å². The fraction of sp³-hybridized carbons (Fsp3) is 0.250. The maximum atomic E-state index is 2.72. The molecule has 2 heterocycles. The second kappa shape index (κ2) is 11.1. The predicted molar refractivity (Wildman–Crippen MR) is 244 cm³/mol. The molecule has 0 N–H and O–H groups in total. The average Bonchev–Trinajstić information content (AvgIpc) is 4.15. The lowest BCUT2D eigenvalue weighted by molar-refractivity contribution is 0.400. The molecule has 0 unspecified atom stereocenters. The molecular formula is C56H45BN2. The summed E-state index contributed by atoms with van der Waals surface area (Å²) < 4.78 is 0. The van der Waals surface area contributed by atoms with Crippen LogP contribution in [0.15, 0.2) is 152 Å². The van der Waals surface area contributed by atoms with E-state index >= 15 is 0 Å². The fourth-order valence-electron chi connectivity index (χ4n) is 15.8. The molecule has 4 bridgehead atoms. The van der Waals surface area contributed by atoms with Crippen LogP contribution >= 0.6 is 0 Å². The first-order valence-corrected chi connectivity index (χ1v) is 22.7. The van der Waals surface area contributed by atoms with Crippen LogP contribution in [-0.4, -0.2) is 6.71 Å². The van der Waals surface area contributed by atoms with Crippen molar-refractivity contribution in [1.82, 2.24) is 0 Å². The minimum atomic E-state index is 0.0924. The quantitative estimate of drug-likeness (QED) is 0.162. The number of anilines is 6. The highest BCUT2D eigenvalue weighted by Crippen LogP contribution is 2.70. The Morgan fingerprint density at radius 3 is 1.56 bits per heavy atom. The van der Waals surface area contributed by atoms with Gasteiger partial charge in [-0.3, -0.25) is 0 Å². The van der Waals surface area contributed by atoms with E-state index in [1.165, 1.54) is 124 Å². The molecule has 0 aromatic heterocycles. The van der Waals surface area contributed by atoms with Gasteiger partial charge >= 0.3 is 0 Å². The molecular weight excluding hydrogens is 711 g/mol. The van der Waals surface area contributed by atoms with Crippen LogP contribution in [0.4, 0.5) is 34.1 Å². The van der Waals surface area contributed by atoms with Gasteiger partial charge in [-0.25, -0.2) is 0 Å². The zero-order chi connectivity index (χ0) is 38.2. The van der Waals surface area contributed by atoms with Gasteiger partial charge < -0.3 is 9.80 Å². The summed E-state index contributed by atoms with van der Waals surface area (Å²) >= 11 is 0. The van der Waals surface area contributed by atoms with Crippen molar-refractivity contribution in [1.29, 1.82) is 0 Å². The largest absolute Gasteiger partial charge is 0.311 e. The minimum absolute atomic E-state index is 0.0924. The normalized spacial score (nSPS) is 27.5. The Labute approximate surface area is 347 Å². The summed E-state index contributed by atoms with van der Waals surface area (Å²) in [5, 5.41) is 0. The van der Waals surface area contributed by atoms with Crippen molar-refractivity contribution in [3.63, 3.8) is 0 Å². The van der Waals surface area contributed by atoms with Crippen LogP contribution in [0.5, 0.6) is 0 Å². The molecule has 2 spiro atoms. The third-order valence-corrected chi connectivity index (χ3v) is 17.5. The highest BCUT2D eigenvalue weighted by molar-refractivity contribution is 7.00. The molecule has 7 aromatic carbocycles. The van der Waals surface area contributed by atoms with Gasteiger partial charge in [0.25, 0.3) is 6.71 Å². The second-order valence-corrected chi connectivity index (χ2v) is 19.3. The molecule has 282 valence electrons.